The van der Waals surface area contributed by atoms with E-state index in [-0.39, 0.29) is 25.4 Å². The number of ether oxygens (including phenoxy) is 2. The van der Waals surface area contributed by atoms with Crippen molar-refractivity contribution < 1.29 is 43.0 Å². The highest BCUT2D eigenvalue weighted by Crippen LogP contribution is 2.28. The largest absolute Gasteiger partial charge is 0.497 e. The molecule has 0 bridgehead atoms. The third kappa shape index (κ3) is 9.23. The van der Waals surface area contributed by atoms with Crippen molar-refractivity contribution in [2.75, 3.05) is 38.7 Å². The predicted octanol–water partition coefficient (Wildman–Crippen LogP) is 1.58. The Morgan fingerprint density at radius 3 is 2.27 bits per heavy atom. The fourth-order valence-corrected chi connectivity index (χ4v) is 8.05. The van der Waals surface area contributed by atoms with Gasteiger partial charge in [0.15, 0.2) is 0 Å². The first kappa shape index (κ1) is 40.0. The number of anilines is 1. The molecular weight excluding hydrogens is 722 g/mol. The molecule has 7 atom stereocenters. The molecule has 6 rings (SSSR count). The van der Waals surface area contributed by atoms with E-state index < -0.39 is 84.4 Å². The van der Waals surface area contributed by atoms with Crippen molar-refractivity contribution >= 4 is 47.2 Å². The van der Waals surface area contributed by atoms with E-state index in [1.807, 2.05) is 13.0 Å². The van der Waals surface area contributed by atoms with Gasteiger partial charge in [-0.1, -0.05) is 37.3 Å². The second kappa shape index (κ2) is 17.9. The van der Waals surface area contributed by atoms with E-state index in [9.17, 15) is 33.6 Å². The summed E-state index contributed by atoms with van der Waals surface area (Å²) in [5.74, 6) is -2.91. The third-order valence-corrected chi connectivity index (χ3v) is 11.0. The molecule has 7 amide bonds. The molecule has 4 aliphatic heterocycles. The molecule has 2 aromatic rings. The number of rotatable bonds is 7. The number of urea groups is 1. The molecule has 0 radical (unpaired) electrons. The summed E-state index contributed by atoms with van der Waals surface area (Å²) in [5.41, 5.74) is 1.18. The minimum atomic E-state index is -1.44. The van der Waals surface area contributed by atoms with Crippen molar-refractivity contribution in [1.29, 1.82) is 0 Å². The zero-order valence-electron chi connectivity index (χ0n) is 32.0. The summed E-state index contributed by atoms with van der Waals surface area (Å²) in [6.45, 7) is 3.65. The summed E-state index contributed by atoms with van der Waals surface area (Å²) in [6.07, 6.45) is 2.98. The smallest absolute Gasteiger partial charge is 0.328 e. The highest BCUT2D eigenvalue weighted by Gasteiger charge is 2.46. The summed E-state index contributed by atoms with van der Waals surface area (Å²) < 4.78 is 10.9. The van der Waals surface area contributed by atoms with Crippen LogP contribution in [0.25, 0.3) is 0 Å². The van der Waals surface area contributed by atoms with Crippen LogP contribution in [0.15, 0.2) is 54.6 Å². The maximum atomic E-state index is 14.5. The number of carbonyl (C=O) groups excluding carboxylic acids is 7. The number of benzene rings is 2. The molecule has 16 nitrogen and oxygen atoms in total. The highest BCUT2D eigenvalue weighted by atomic mass is 16.5. The number of carbonyl (C=O) groups is 7. The Kier molecular flexibility index (Phi) is 12.8. The van der Waals surface area contributed by atoms with E-state index >= 15 is 0 Å². The van der Waals surface area contributed by atoms with Gasteiger partial charge in [0.1, 0.15) is 48.6 Å². The van der Waals surface area contributed by atoms with Gasteiger partial charge in [-0.2, -0.15) is 0 Å². The van der Waals surface area contributed by atoms with E-state index in [4.69, 9.17) is 9.47 Å². The van der Waals surface area contributed by atoms with Gasteiger partial charge in [0.2, 0.25) is 29.5 Å². The van der Waals surface area contributed by atoms with E-state index in [0.29, 0.717) is 56.5 Å². The maximum Gasteiger partial charge on any atom is 0.328 e. The number of nitrogens with zero attached hydrogens (tertiary/aromatic N) is 3. The van der Waals surface area contributed by atoms with Gasteiger partial charge < -0.3 is 45.4 Å². The van der Waals surface area contributed by atoms with Crippen LogP contribution in [-0.4, -0.2) is 126 Å². The number of piperidine rings is 1. The summed E-state index contributed by atoms with van der Waals surface area (Å²) in [5, 5.41) is 10.9. The minimum Gasteiger partial charge on any atom is -0.497 e. The quantitative estimate of drug-likeness (QED) is 0.302. The number of fused-ring (bicyclic) bond motifs is 3. The van der Waals surface area contributed by atoms with E-state index in [2.05, 4.69) is 21.3 Å². The van der Waals surface area contributed by atoms with Crippen LogP contribution in [0.5, 0.6) is 5.75 Å². The van der Waals surface area contributed by atoms with Crippen molar-refractivity contribution in [2.45, 2.75) is 95.0 Å². The van der Waals surface area contributed by atoms with Crippen molar-refractivity contribution in [3.05, 3.63) is 60.2 Å². The average Bonchev–Trinajstić information content (AvgIpc) is 3.86. The highest BCUT2D eigenvalue weighted by molar-refractivity contribution is 5.98. The van der Waals surface area contributed by atoms with Crippen LogP contribution in [0.2, 0.25) is 0 Å². The van der Waals surface area contributed by atoms with E-state index in [0.717, 1.165) is 5.56 Å². The van der Waals surface area contributed by atoms with Crippen LogP contribution in [0.3, 0.4) is 0 Å². The number of cyclic esters (lactones) is 1. The molecule has 0 saturated carbocycles. The second-order valence-corrected chi connectivity index (χ2v) is 15.1. The van der Waals surface area contributed by atoms with Crippen LogP contribution in [-0.2, 0) is 39.9 Å². The fraction of sp³-hybridized carbons (Fsp3) is 0.525. The number of methoxy groups -OCH3 is 1. The van der Waals surface area contributed by atoms with Crippen molar-refractivity contribution in [3.8, 4) is 5.75 Å². The average molecular weight is 774 g/mol. The van der Waals surface area contributed by atoms with Gasteiger partial charge >= 0.3 is 12.0 Å². The molecule has 4 heterocycles. The lowest BCUT2D eigenvalue weighted by molar-refractivity contribution is -0.158. The first-order chi connectivity index (χ1) is 26.9. The van der Waals surface area contributed by atoms with Crippen LogP contribution >= 0.6 is 0 Å². The van der Waals surface area contributed by atoms with Gasteiger partial charge in [-0.3, -0.25) is 24.0 Å². The molecule has 56 heavy (non-hydrogen) atoms. The summed E-state index contributed by atoms with van der Waals surface area (Å²) in [4.78, 5) is 102. The van der Waals surface area contributed by atoms with Gasteiger partial charge in [-0.05, 0) is 81.2 Å². The minimum absolute atomic E-state index is 0.0516. The Balaban J connectivity index is 1.29. The van der Waals surface area contributed by atoms with Gasteiger partial charge in [-0.25, -0.2) is 9.59 Å². The lowest BCUT2D eigenvalue weighted by atomic mass is 9.99. The summed E-state index contributed by atoms with van der Waals surface area (Å²) in [6, 6.07) is 8.64. The molecule has 0 unspecified atom stereocenters. The van der Waals surface area contributed by atoms with E-state index in [1.165, 1.54) is 21.8 Å². The number of nitrogens with one attached hydrogen (secondary N) is 4. The Morgan fingerprint density at radius 2 is 1.54 bits per heavy atom. The first-order valence-electron chi connectivity index (χ1n) is 19.4. The van der Waals surface area contributed by atoms with Crippen molar-refractivity contribution in [2.24, 2.45) is 5.92 Å². The van der Waals surface area contributed by atoms with Gasteiger partial charge in [0.25, 0.3) is 0 Å². The van der Waals surface area contributed by atoms with Gasteiger partial charge in [-0.15, -0.1) is 0 Å². The zero-order valence-corrected chi connectivity index (χ0v) is 32.0. The topological polar surface area (TPSA) is 196 Å². The molecule has 0 spiro atoms. The SMILES string of the molecule is COc1ccc(NC(=O)N[C@@H](Cc2ccccc2)C(=O)N[C@H]2COC(=O)[C@@H]3C[C@H](C)CN3C(=O)[C@H](C)NC(=O)[C@@H]3CCCCN3C(=O)[C@@H]3CCCN3C2=O)cc1. The number of hydrogen-bond donors (Lipinski definition) is 4. The van der Waals surface area contributed by atoms with Crippen LogP contribution in [0.1, 0.15) is 57.9 Å². The molecule has 4 aliphatic rings. The summed E-state index contributed by atoms with van der Waals surface area (Å²) >= 11 is 0. The van der Waals surface area contributed by atoms with Crippen LogP contribution in [0.4, 0.5) is 10.5 Å². The Bertz CT molecular complexity index is 1790. The van der Waals surface area contributed by atoms with Gasteiger partial charge in [0, 0.05) is 31.7 Å². The van der Waals surface area contributed by atoms with Crippen molar-refractivity contribution in [3.63, 3.8) is 0 Å². The molecule has 0 aromatic heterocycles. The molecule has 4 N–H and O–H groups in total. The van der Waals surface area contributed by atoms with Crippen LogP contribution < -0.4 is 26.0 Å². The lowest BCUT2D eigenvalue weighted by Gasteiger charge is -2.39. The van der Waals surface area contributed by atoms with Crippen molar-refractivity contribution in [1.82, 2.24) is 30.7 Å². The second-order valence-electron chi connectivity index (χ2n) is 15.1. The molecular formula is C40H51N7O9. The normalized spacial score (nSPS) is 26.6. The Labute approximate surface area is 326 Å². The van der Waals surface area contributed by atoms with Gasteiger partial charge in [0.05, 0.1) is 7.11 Å². The number of amides is 7. The lowest BCUT2D eigenvalue weighted by Crippen LogP contribution is -2.62. The number of hydrogen-bond acceptors (Lipinski definition) is 9. The monoisotopic (exact) mass is 773 g/mol. The maximum absolute atomic E-state index is 14.5. The predicted molar refractivity (Wildman–Crippen MR) is 203 cm³/mol. The first-order valence-corrected chi connectivity index (χ1v) is 19.4. The fourth-order valence-electron chi connectivity index (χ4n) is 8.05. The molecule has 0 aliphatic carbocycles. The molecule has 2 aromatic carbocycles. The molecule has 300 valence electrons. The summed E-state index contributed by atoms with van der Waals surface area (Å²) in [7, 11) is 1.53. The standard InChI is InChI=1S/C40H51N7O9/c1-24-20-33-39(53)56-23-30(43-34(48)29(21-26-10-5-4-6-11-26)44-40(54)42-27-14-16-28(55-3)17-15-27)37(51)46-19-9-13-32(46)38(52)45-18-8-7-12-31(45)35(49)41-25(2)36(50)47(33)22-24/h4-6,10-11,14-17,24-25,29-33H,7-9,12-13,18-23H2,1-3H3,(H,41,49)(H,43,48)(H2,42,44,54)/t24-,25-,29-,30-,31-,32-,33-/m0/s1. The zero-order chi connectivity index (χ0) is 39.9. The Morgan fingerprint density at radius 1 is 0.839 bits per heavy atom. The third-order valence-electron chi connectivity index (χ3n) is 11.0. The molecule has 16 heteroatoms. The number of esters is 1. The molecule has 4 saturated heterocycles. The van der Waals surface area contributed by atoms with E-state index in [1.54, 1.807) is 55.5 Å². The molecule has 4 fully saturated rings. The van der Waals surface area contributed by atoms with Crippen LogP contribution in [0, 0.1) is 5.92 Å². The Hall–Kier alpha value is -5.67.